The number of nitrogen functional groups attached to an aromatic ring is 1. The average Bonchev–Trinajstić information content (AvgIpc) is 2.94. The number of nitrogens with two attached hydrogens (primary N) is 1. The second kappa shape index (κ2) is 6.19. The molecule has 5 heteroatoms. The first-order chi connectivity index (χ1) is 10.3. The maximum absolute atomic E-state index is 5.57. The lowest BCUT2D eigenvalue weighted by molar-refractivity contribution is 1.29. The van der Waals surface area contributed by atoms with E-state index in [4.69, 9.17) is 5.73 Å². The van der Waals surface area contributed by atoms with Gasteiger partial charge < -0.3 is 5.73 Å². The van der Waals surface area contributed by atoms with E-state index in [0.717, 1.165) is 16.7 Å². The fraction of sp³-hybridized carbons (Fsp3) is 0. The molecular formula is C16H14N4S. The Morgan fingerprint density at radius 2 is 1.81 bits per heavy atom. The van der Waals surface area contributed by atoms with Crippen LogP contribution in [0.5, 0.6) is 0 Å². The summed E-state index contributed by atoms with van der Waals surface area (Å²) in [4.78, 5) is 4.09. The van der Waals surface area contributed by atoms with E-state index in [1.165, 1.54) is 11.3 Å². The first kappa shape index (κ1) is 13.3. The molecule has 0 atom stereocenters. The van der Waals surface area contributed by atoms with Gasteiger partial charge in [0.2, 0.25) is 5.13 Å². The molecular weight excluding hydrogens is 280 g/mol. The third kappa shape index (κ3) is 3.27. The number of hydrazone groups is 1. The zero-order valence-corrected chi connectivity index (χ0v) is 12.0. The Labute approximate surface area is 127 Å². The average molecular weight is 294 g/mol. The van der Waals surface area contributed by atoms with Gasteiger partial charge in [-0.25, -0.2) is 4.98 Å². The van der Waals surface area contributed by atoms with E-state index < -0.39 is 0 Å². The Balaban J connectivity index is 1.82. The van der Waals surface area contributed by atoms with Gasteiger partial charge in [-0.2, -0.15) is 5.10 Å². The highest BCUT2D eigenvalue weighted by Crippen LogP contribution is 2.22. The molecule has 0 aliphatic heterocycles. The molecule has 0 aliphatic rings. The van der Waals surface area contributed by atoms with Gasteiger partial charge in [0, 0.05) is 10.9 Å². The number of aromatic nitrogens is 1. The predicted molar refractivity (Wildman–Crippen MR) is 89.6 cm³/mol. The van der Waals surface area contributed by atoms with Crippen LogP contribution in [0, 0.1) is 0 Å². The maximum atomic E-state index is 5.57. The molecule has 4 nitrogen and oxygen atoms in total. The predicted octanol–water partition coefficient (Wildman–Crippen LogP) is 3.84. The summed E-state index contributed by atoms with van der Waals surface area (Å²) in [6.07, 6.45) is 1.79. The lowest BCUT2D eigenvalue weighted by Gasteiger charge is -2.05. The SMILES string of the molecule is Nc1csc(NN=Cc2ccccc2-c2ccccc2)n1. The number of rotatable bonds is 4. The fourth-order valence-corrected chi connectivity index (χ4v) is 2.53. The third-order valence-electron chi connectivity index (χ3n) is 2.93. The van der Waals surface area contributed by atoms with Gasteiger partial charge in [0.25, 0.3) is 0 Å². The molecule has 1 aromatic heterocycles. The van der Waals surface area contributed by atoms with Gasteiger partial charge in [-0.05, 0) is 11.1 Å². The van der Waals surface area contributed by atoms with Gasteiger partial charge in [-0.15, -0.1) is 11.3 Å². The highest BCUT2D eigenvalue weighted by atomic mass is 32.1. The zero-order chi connectivity index (χ0) is 14.5. The summed E-state index contributed by atoms with van der Waals surface area (Å²) in [7, 11) is 0. The van der Waals surface area contributed by atoms with Crippen LogP contribution in [0.3, 0.4) is 0 Å². The second-order valence-electron chi connectivity index (χ2n) is 4.40. The van der Waals surface area contributed by atoms with Gasteiger partial charge in [0.15, 0.2) is 0 Å². The molecule has 1 heterocycles. The standard InChI is InChI=1S/C16H14N4S/c17-15-11-21-16(19-15)20-18-10-13-8-4-5-9-14(13)12-6-2-1-3-7-12/h1-11H,17H2,(H,19,20). The lowest BCUT2D eigenvalue weighted by Crippen LogP contribution is -1.93. The summed E-state index contributed by atoms with van der Waals surface area (Å²) in [6.45, 7) is 0. The molecule has 104 valence electrons. The van der Waals surface area contributed by atoms with Crippen LogP contribution in [0.25, 0.3) is 11.1 Å². The molecule has 0 bridgehead atoms. The van der Waals surface area contributed by atoms with E-state index in [1.807, 2.05) is 36.4 Å². The van der Waals surface area contributed by atoms with Crippen molar-refractivity contribution in [1.82, 2.24) is 4.98 Å². The molecule has 0 amide bonds. The minimum atomic E-state index is 0.502. The topological polar surface area (TPSA) is 63.3 Å². The smallest absolute Gasteiger partial charge is 0.205 e. The molecule has 0 fully saturated rings. The van der Waals surface area contributed by atoms with Gasteiger partial charge in [0.1, 0.15) is 5.82 Å². The van der Waals surface area contributed by atoms with Crippen LogP contribution in [0.15, 0.2) is 65.1 Å². The molecule has 0 unspecified atom stereocenters. The minimum Gasteiger partial charge on any atom is -0.383 e. The van der Waals surface area contributed by atoms with E-state index in [2.05, 4.69) is 33.7 Å². The summed E-state index contributed by atoms with van der Waals surface area (Å²) >= 11 is 1.42. The maximum Gasteiger partial charge on any atom is 0.205 e. The normalized spacial score (nSPS) is 10.9. The summed E-state index contributed by atoms with van der Waals surface area (Å²) in [5, 5.41) is 6.68. The molecule has 21 heavy (non-hydrogen) atoms. The van der Waals surface area contributed by atoms with Crippen molar-refractivity contribution in [3.8, 4) is 11.1 Å². The Morgan fingerprint density at radius 3 is 2.57 bits per heavy atom. The van der Waals surface area contributed by atoms with Crippen molar-refractivity contribution in [1.29, 1.82) is 0 Å². The largest absolute Gasteiger partial charge is 0.383 e. The molecule has 0 saturated heterocycles. The second-order valence-corrected chi connectivity index (χ2v) is 5.26. The highest BCUT2D eigenvalue weighted by molar-refractivity contribution is 7.14. The summed E-state index contributed by atoms with van der Waals surface area (Å²) in [5.41, 5.74) is 11.8. The quantitative estimate of drug-likeness (QED) is 0.567. The third-order valence-corrected chi connectivity index (χ3v) is 3.70. The molecule has 3 N–H and O–H groups in total. The molecule has 0 spiro atoms. The Hall–Kier alpha value is -2.66. The van der Waals surface area contributed by atoms with Gasteiger partial charge in [-0.3, -0.25) is 5.43 Å². The number of anilines is 2. The van der Waals surface area contributed by atoms with Crippen LogP contribution < -0.4 is 11.2 Å². The Kier molecular flexibility index (Phi) is 3.93. The number of nitrogens with zero attached hydrogens (tertiary/aromatic N) is 2. The van der Waals surface area contributed by atoms with Crippen LogP contribution in [0.1, 0.15) is 5.56 Å². The van der Waals surface area contributed by atoms with Crippen molar-refractivity contribution in [2.45, 2.75) is 0 Å². The zero-order valence-electron chi connectivity index (χ0n) is 11.2. The number of hydrogen-bond donors (Lipinski definition) is 2. The Morgan fingerprint density at radius 1 is 1.05 bits per heavy atom. The first-order valence-electron chi connectivity index (χ1n) is 6.47. The lowest BCUT2D eigenvalue weighted by atomic mass is 10.0. The van der Waals surface area contributed by atoms with E-state index in [0.29, 0.717) is 10.9 Å². The molecule has 3 aromatic rings. The number of nitrogens with one attached hydrogen (secondary N) is 1. The van der Waals surface area contributed by atoms with Gasteiger partial charge >= 0.3 is 0 Å². The van der Waals surface area contributed by atoms with E-state index in [9.17, 15) is 0 Å². The van der Waals surface area contributed by atoms with Crippen LogP contribution in [0.4, 0.5) is 10.9 Å². The number of hydrogen-bond acceptors (Lipinski definition) is 5. The fourth-order valence-electron chi connectivity index (χ4n) is 1.98. The van der Waals surface area contributed by atoms with Crippen molar-refractivity contribution in [2.75, 3.05) is 11.2 Å². The highest BCUT2D eigenvalue weighted by Gasteiger charge is 2.02. The number of benzene rings is 2. The van der Waals surface area contributed by atoms with Crippen molar-refractivity contribution in [3.63, 3.8) is 0 Å². The van der Waals surface area contributed by atoms with Crippen LogP contribution in [-0.4, -0.2) is 11.2 Å². The molecule has 0 saturated carbocycles. The number of thiazole rings is 1. The first-order valence-corrected chi connectivity index (χ1v) is 7.35. The summed E-state index contributed by atoms with van der Waals surface area (Å²) in [5.74, 6) is 0.502. The Bertz CT molecular complexity index is 750. The minimum absolute atomic E-state index is 0.502. The van der Waals surface area contributed by atoms with Crippen LogP contribution >= 0.6 is 11.3 Å². The van der Waals surface area contributed by atoms with Crippen molar-refractivity contribution >= 4 is 28.5 Å². The monoisotopic (exact) mass is 294 g/mol. The van der Waals surface area contributed by atoms with E-state index >= 15 is 0 Å². The van der Waals surface area contributed by atoms with Crippen molar-refractivity contribution in [3.05, 3.63) is 65.5 Å². The van der Waals surface area contributed by atoms with E-state index in [1.54, 1.807) is 11.6 Å². The summed E-state index contributed by atoms with van der Waals surface area (Å²) < 4.78 is 0. The van der Waals surface area contributed by atoms with Crippen molar-refractivity contribution < 1.29 is 0 Å². The molecule has 2 aromatic carbocycles. The summed E-state index contributed by atoms with van der Waals surface area (Å²) in [6, 6.07) is 18.4. The van der Waals surface area contributed by atoms with Gasteiger partial charge in [-0.1, -0.05) is 54.6 Å². The molecule has 0 aliphatic carbocycles. The molecule has 0 radical (unpaired) electrons. The van der Waals surface area contributed by atoms with Crippen molar-refractivity contribution in [2.24, 2.45) is 5.10 Å². The van der Waals surface area contributed by atoms with Crippen LogP contribution in [0.2, 0.25) is 0 Å². The molecule has 3 rings (SSSR count). The van der Waals surface area contributed by atoms with E-state index in [-0.39, 0.29) is 0 Å². The van der Waals surface area contributed by atoms with Gasteiger partial charge in [0.05, 0.1) is 6.21 Å². The van der Waals surface area contributed by atoms with Crippen LogP contribution in [-0.2, 0) is 0 Å².